The molecule has 0 spiro atoms. The fourth-order valence-corrected chi connectivity index (χ4v) is 2.17. The quantitative estimate of drug-likeness (QED) is 0.841. The molecule has 0 saturated heterocycles. The zero-order valence-electron chi connectivity index (χ0n) is 9.56. The van der Waals surface area contributed by atoms with E-state index in [-0.39, 0.29) is 11.8 Å². The molecular formula is C10H12N4O2S. The maximum absolute atomic E-state index is 12.0. The van der Waals surface area contributed by atoms with E-state index >= 15 is 0 Å². The number of hydrogen-bond acceptors (Lipinski definition) is 5. The molecule has 0 bridgehead atoms. The molecule has 0 radical (unpaired) electrons. The van der Waals surface area contributed by atoms with Gasteiger partial charge in [0.1, 0.15) is 5.71 Å². The normalized spacial score (nSPS) is 15.2. The topological polar surface area (TPSA) is 74.7 Å². The highest BCUT2D eigenvalue weighted by atomic mass is 32.1. The molecule has 1 aromatic rings. The number of rotatable bonds is 2. The average Bonchev–Trinajstić information content (AvgIpc) is 2.75. The van der Waals surface area contributed by atoms with E-state index in [1.54, 1.807) is 7.05 Å². The van der Waals surface area contributed by atoms with Crippen molar-refractivity contribution in [2.45, 2.75) is 19.8 Å². The number of nitrogens with one attached hydrogen (secondary N) is 1. The van der Waals surface area contributed by atoms with Gasteiger partial charge in [0.25, 0.3) is 5.91 Å². The van der Waals surface area contributed by atoms with Crippen LogP contribution in [-0.2, 0) is 9.59 Å². The third-order valence-corrected chi connectivity index (χ3v) is 3.38. The highest BCUT2D eigenvalue weighted by molar-refractivity contribution is 7.14. The first kappa shape index (κ1) is 11.7. The van der Waals surface area contributed by atoms with Crippen molar-refractivity contribution in [3.8, 4) is 0 Å². The molecule has 2 amide bonds. The molecule has 0 aliphatic carbocycles. The first-order valence-corrected chi connectivity index (χ1v) is 6.01. The zero-order chi connectivity index (χ0) is 12.4. The Balaban J connectivity index is 2.12. The highest BCUT2D eigenvalue weighted by Gasteiger charge is 2.23. The summed E-state index contributed by atoms with van der Waals surface area (Å²) in [6, 6.07) is 0. The summed E-state index contributed by atoms with van der Waals surface area (Å²) in [7, 11) is 1.65. The minimum atomic E-state index is -0.223. The molecule has 2 rings (SSSR count). The van der Waals surface area contributed by atoms with Gasteiger partial charge >= 0.3 is 0 Å². The Morgan fingerprint density at radius 3 is 2.82 bits per heavy atom. The van der Waals surface area contributed by atoms with Crippen LogP contribution in [0.1, 0.15) is 18.5 Å². The van der Waals surface area contributed by atoms with Crippen molar-refractivity contribution in [1.29, 1.82) is 0 Å². The monoisotopic (exact) mass is 252 g/mol. The molecule has 1 N–H and O–H groups in total. The third kappa shape index (κ3) is 2.50. The third-order valence-electron chi connectivity index (χ3n) is 2.35. The van der Waals surface area contributed by atoms with Gasteiger partial charge in [-0.15, -0.1) is 11.3 Å². The first-order valence-electron chi connectivity index (χ1n) is 5.13. The molecule has 0 atom stereocenters. The van der Waals surface area contributed by atoms with Gasteiger partial charge in [-0.2, -0.15) is 5.10 Å². The number of aromatic nitrogens is 1. The lowest BCUT2D eigenvalue weighted by Gasteiger charge is -2.17. The number of anilines is 1. The molecule has 0 fully saturated rings. The second-order valence-corrected chi connectivity index (χ2v) is 4.57. The Bertz CT molecular complexity index is 494. The van der Waals surface area contributed by atoms with Gasteiger partial charge < -0.3 is 0 Å². The maximum Gasteiger partial charge on any atom is 0.276 e. The molecule has 7 heteroatoms. The molecule has 6 nitrogen and oxygen atoms in total. The molecule has 0 saturated carbocycles. The van der Waals surface area contributed by atoms with Crippen molar-refractivity contribution >= 4 is 34.0 Å². The molecular weight excluding hydrogens is 240 g/mol. The predicted octanol–water partition coefficient (Wildman–Crippen LogP) is 0.680. The molecule has 0 unspecified atom stereocenters. The van der Waals surface area contributed by atoms with Crippen LogP contribution in [0.15, 0.2) is 10.5 Å². The van der Waals surface area contributed by atoms with Crippen LogP contribution in [0.5, 0.6) is 0 Å². The lowest BCUT2D eigenvalue weighted by atomic mass is 10.1. The largest absolute Gasteiger partial charge is 0.286 e. The molecule has 2 heterocycles. The number of carbonyl (C=O) groups excluding carboxylic acids is 2. The summed E-state index contributed by atoms with van der Waals surface area (Å²) < 4.78 is 0. The molecule has 0 aromatic carbocycles. The van der Waals surface area contributed by atoms with Gasteiger partial charge in [0.15, 0.2) is 5.13 Å². The smallest absolute Gasteiger partial charge is 0.276 e. The summed E-state index contributed by atoms with van der Waals surface area (Å²) in [5, 5.41) is 6.28. The number of nitrogens with zero attached hydrogens (tertiary/aromatic N) is 3. The van der Waals surface area contributed by atoms with Crippen LogP contribution in [-0.4, -0.2) is 29.6 Å². The minimum Gasteiger partial charge on any atom is -0.286 e. The van der Waals surface area contributed by atoms with Crippen molar-refractivity contribution in [2.75, 3.05) is 11.9 Å². The van der Waals surface area contributed by atoms with Crippen LogP contribution < -0.4 is 10.3 Å². The van der Waals surface area contributed by atoms with E-state index in [4.69, 9.17) is 0 Å². The van der Waals surface area contributed by atoms with Gasteiger partial charge in [-0.1, -0.05) is 0 Å². The van der Waals surface area contributed by atoms with Gasteiger partial charge in [0.05, 0.1) is 5.69 Å². The second kappa shape index (κ2) is 4.62. The Labute approximate surface area is 102 Å². The minimum absolute atomic E-state index is 0.158. The summed E-state index contributed by atoms with van der Waals surface area (Å²) in [6.07, 6.45) is 0.675. The average molecular weight is 252 g/mol. The summed E-state index contributed by atoms with van der Waals surface area (Å²) in [4.78, 5) is 28.6. The Hall–Kier alpha value is -1.76. The zero-order valence-corrected chi connectivity index (χ0v) is 10.4. The van der Waals surface area contributed by atoms with Crippen molar-refractivity contribution < 1.29 is 9.59 Å². The number of hydrogen-bond donors (Lipinski definition) is 1. The van der Waals surface area contributed by atoms with E-state index in [2.05, 4.69) is 15.5 Å². The number of carbonyl (C=O) groups is 2. The summed E-state index contributed by atoms with van der Waals surface area (Å²) in [5.41, 5.74) is 3.55. The number of amides is 2. The van der Waals surface area contributed by atoms with Crippen molar-refractivity contribution in [3.05, 3.63) is 11.1 Å². The van der Waals surface area contributed by atoms with E-state index in [1.807, 2.05) is 12.3 Å². The summed E-state index contributed by atoms with van der Waals surface area (Å²) in [6.45, 7) is 1.87. The predicted molar refractivity (Wildman–Crippen MR) is 65.1 cm³/mol. The van der Waals surface area contributed by atoms with Crippen LogP contribution in [0.3, 0.4) is 0 Å². The van der Waals surface area contributed by atoms with Crippen LogP contribution in [0.2, 0.25) is 0 Å². The Morgan fingerprint density at radius 2 is 2.29 bits per heavy atom. The fourth-order valence-electron chi connectivity index (χ4n) is 1.40. The molecule has 1 aliphatic rings. The van der Waals surface area contributed by atoms with E-state index in [9.17, 15) is 9.59 Å². The molecule has 1 aliphatic heterocycles. The standard InChI is InChI=1S/C10H12N4O2S/c1-6-5-17-10(11-6)14(2)9(16)7-3-4-8(15)13-12-7/h5H,3-4H2,1-2H3,(H,13,15). The van der Waals surface area contributed by atoms with Gasteiger partial charge in [0, 0.05) is 25.3 Å². The van der Waals surface area contributed by atoms with Gasteiger partial charge in [0.2, 0.25) is 5.91 Å². The Kier molecular flexibility index (Phi) is 3.19. The summed E-state index contributed by atoms with van der Waals surface area (Å²) in [5.74, 6) is -0.381. The SMILES string of the molecule is Cc1csc(N(C)C(=O)C2=NNC(=O)CC2)n1. The van der Waals surface area contributed by atoms with E-state index in [0.29, 0.717) is 23.7 Å². The molecule has 1 aromatic heterocycles. The van der Waals surface area contributed by atoms with E-state index in [0.717, 1.165) is 5.69 Å². The van der Waals surface area contributed by atoms with Crippen molar-refractivity contribution in [3.63, 3.8) is 0 Å². The molecule has 17 heavy (non-hydrogen) atoms. The highest BCUT2D eigenvalue weighted by Crippen LogP contribution is 2.19. The first-order chi connectivity index (χ1) is 8.08. The van der Waals surface area contributed by atoms with Crippen molar-refractivity contribution in [2.24, 2.45) is 5.10 Å². The fraction of sp³-hybridized carbons (Fsp3) is 0.400. The number of thiazole rings is 1. The molecule has 90 valence electrons. The lowest BCUT2D eigenvalue weighted by molar-refractivity contribution is -0.121. The van der Waals surface area contributed by atoms with E-state index < -0.39 is 0 Å². The van der Waals surface area contributed by atoms with Crippen LogP contribution >= 0.6 is 11.3 Å². The number of aryl methyl sites for hydroxylation is 1. The van der Waals surface area contributed by atoms with Gasteiger partial charge in [-0.25, -0.2) is 10.4 Å². The van der Waals surface area contributed by atoms with Gasteiger partial charge in [-0.05, 0) is 6.92 Å². The van der Waals surface area contributed by atoms with Crippen LogP contribution in [0.25, 0.3) is 0 Å². The maximum atomic E-state index is 12.0. The van der Waals surface area contributed by atoms with Crippen molar-refractivity contribution in [1.82, 2.24) is 10.4 Å². The summed E-state index contributed by atoms with van der Waals surface area (Å²) >= 11 is 1.40. The second-order valence-electron chi connectivity index (χ2n) is 3.73. The van der Waals surface area contributed by atoms with E-state index in [1.165, 1.54) is 16.2 Å². The van der Waals surface area contributed by atoms with Crippen LogP contribution in [0, 0.1) is 6.92 Å². The lowest BCUT2D eigenvalue weighted by Crippen LogP contribution is -2.38. The number of hydrazone groups is 1. The van der Waals surface area contributed by atoms with Crippen LogP contribution in [0.4, 0.5) is 5.13 Å². The Morgan fingerprint density at radius 1 is 1.53 bits per heavy atom. The van der Waals surface area contributed by atoms with Gasteiger partial charge in [-0.3, -0.25) is 14.5 Å².